The number of imidazole rings is 1. The molecule has 0 fully saturated rings. The number of carbonyl (C=O) groups is 4. The zero-order valence-corrected chi connectivity index (χ0v) is 23.1. The highest BCUT2D eigenvalue weighted by Gasteiger charge is 2.21. The van der Waals surface area contributed by atoms with Crippen molar-refractivity contribution < 1.29 is 33.8 Å². The molecule has 5 N–H and O–H groups in total. The summed E-state index contributed by atoms with van der Waals surface area (Å²) in [5, 5.41) is 18.6. The van der Waals surface area contributed by atoms with Crippen LogP contribution in [0.4, 0.5) is 10.7 Å². The second-order valence-corrected chi connectivity index (χ2v) is 8.99. The molecule has 0 aliphatic rings. The van der Waals surface area contributed by atoms with Crippen molar-refractivity contribution in [1.29, 1.82) is 0 Å². The zero-order valence-electron chi connectivity index (χ0n) is 23.1. The summed E-state index contributed by atoms with van der Waals surface area (Å²) in [6, 6.07) is 4.67. The van der Waals surface area contributed by atoms with Gasteiger partial charge in [-0.1, -0.05) is 0 Å². The summed E-state index contributed by atoms with van der Waals surface area (Å²) in [5.41, 5.74) is 7.66. The fourth-order valence-electron chi connectivity index (χ4n) is 4.13. The summed E-state index contributed by atoms with van der Waals surface area (Å²) in [5.74, 6) is -1.78. The number of nitrogens with zero attached hydrogens (tertiary/aromatic N) is 6. The van der Waals surface area contributed by atoms with Crippen molar-refractivity contribution in [3.63, 3.8) is 0 Å². The Bertz CT molecular complexity index is 1640. The van der Waals surface area contributed by atoms with Crippen molar-refractivity contribution in [2.75, 3.05) is 19.0 Å². The summed E-state index contributed by atoms with van der Waals surface area (Å²) in [6.45, 7) is 4.43. The van der Waals surface area contributed by atoms with E-state index in [2.05, 4.69) is 30.7 Å². The van der Waals surface area contributed by atoms with Crippen LogP contribution in [0.2, 0.25) is 0 Å². The Morgan fingerprint density at radius 1 is 1.12 bits per heavy atom. The van der Waals surface area contributed by atoms with E-state index in [1.807, 2.05) is 6.92 Å². The molecule has 0 aliphatic heterocycles. The van der Waals surface area contributed by atoms with Crippen LogP contribution in [0.1, 0.15) is 56.1 Å². The molecule has 3 amide bonds. The maximum absolute atomic E-state index is 13.2. The SMILES string of the molecule is CCn1nc(C)cc1C(=O)Nc1nc2cc(C(N)=O)cc(OC)c2n1CCCNC(=O)OCc1cnc(C(=O)O)cn1. The fourth-order valence-corrected chi connectivity index (χ4v) is 4.13. The number of nitrogens with two attached hydrogens (primary N) is 1. The Morgan fingerprint density at radius 2 is 1.90 bits per heavy atom. The highest BCUT2D eigenvalue weighted by molar-refractivity contribution is 6.04. The summed E-state index contributed by atoms with van der Waals surface area (Å²) in [6.07, 6.45) is 1.96. The van der Waals surface area contributed by atoms with E-state index in [0.717, 1.165) is 6.20 Å². The van der Waals surface area contributed by atoms with Crippen molar-refractivity contribution in [2.24, 2.45) is 5.73 Å². The summed E-state index contributed by atoms with van der Waals surface area (Å²) >= 11 is 0. The van der Waals surface area contributed by atoms with E-state index < -0.39 is 23.9 Å². The van der Waals surface area contributed by atoms with Gasteiger partial charge < -0.3 is 30.2 Å². The van der Waals surface area contributed by atoms with Crippen LogP contribution in [0.5, 0.6) is 5.75 Å². The molecular formula is C26H29N9O7. The van der Waals surface area contributed by atoms with E-state index in [0.29, 0.717) is 41.1 Å². The number of rotatable bonds is 12. The van der Waals surface area contributed by atoms with E-state index in [-0.39, 0.29) is 42.6 Å². The van der Waals surface area contributed by atoms with Gasteiger partial charge >= 0.3 is 12.1 Å². The Labute approximate surface area is 238 Å². The predicted molar refractivity (Wildman–Crippen MR) is 147 cm³/mol. The topological polar surface area (TPSA) is 218 Å². The summed E-state index contributed by atoms with van der Waals surface area (Å²) in [7, 11) is 1.44. The molecule has 1 aromatic carbocycles. The number of nitrogens with one attached hydrogen (secondary N) is 2. The number of carbonyl (C=O) groups excluding carboxylic acids is 3. The number of aromatic carboxylic acids is 1. The van der Waals surface area contributed by atoms with Crippen molar-refractivity contribution >= 4 is 40.9 Å². The second-order valence-electron chi connectivity index (χ2n) is 8.99. The molecule has 0 radical (unpaired) electrons. The van der Waals surface area contributed by atoms with Gasteiger partial charge in [0.15, 0.2) is 5.69 Å². The van der Waals surface area contributed by atoms with E-state index in [4.69, 9.17) is 20.3 Å². The van der Waals surface area contributed by atoms with Crippen LogP contribution in [0.25, 0.3) is 11.0 Å². The quantitative estimate of drug-likeness (QED) is 0.177. The number of alkyl carbamates (subject to hydrolysis) is 1. The third kappa shape index (κ3) is 6.60. The molecular weight excluding hydrogens is 550 g/mol. The molecule has 4 aromatic rings. The molecule has 42 heavy (non-hydrogen) atoms. The number of ether oxygens (including phenoxy) is 2. The molecule has 0 unspecified atom stereocenters. The highest BCUT2D eigenvalue weighted by Crippen LogP contribution is 2.31. The average Bonchev–Trinajstić information content (AvgIpc) is 3.53. The number of fused-ring (bicyclic) bond motifs is 1. The lowest BCUT2D eigenvalue weighted by Gasteiger charge is -2.13. The van der Waals surface area contributed by atoms with Crippen LogP contribution in [0, 0.1) is 6.92 Å². The first-order chi connectivity index (χ1) is 20.1. The van der Waals surface area contributed by atoms with Gasteiger partial charge in [0.25, 0.3) is 5.91 Å². The zero-order chi connectivity index (χ0) is 30.4. The number of carboxylic acid groups (broad SMARTS) is 1. The van der Waals surface area contributed by atoms with Crippen LogP contribution in [0.15, 0.2) is 30.6 Å². The van der Waals surface area contributed by atoms with Crippen molar-refractivity contribution in [3.05, 3.63) is 58.9 Å². The van der Waals surface area contributed by atoms with Gasteiger partial charge in [-0.25, -0.2) is 19.6 Å². The first kappa shape index (κ1) is 29.4. The molecule has 0 saturated heterocycles. The van der Waals surface area contributed by atoms with Gasteiger partial charge in [-0.15, -0.1) is 0 Å². The summed E-state index contributed by atoms with van der Waals surface area (Å²) < 4.78 is 13.9. The molecule has 3 heterocycles. The minimum absolute atomic E-state index is 0.188. The first-order valence-electron chi connectivity index (χ1n) is 12.8. The molecule has 16 nitrogen and oxygen atoms in total. The van der Waals surface area contributed by atoms with Crippen LogP contribution < -0.4 is 21.1 Å². The third-order valence-electron chi connectivity index (χ3n) is 6.07. The lowest BCUT2D eigenvalue weighted by atomic mass is 10.1. The maximum Gasteiger partial charge on any atom is 0.407 e. The Balaban J connectivity index is 1.48. The number of carboxylic acids is 1. The standard InChI is InChI=1S/C26H29N9O7/c1-4-35-19(8-14(2)33-35)23(37)32-25-31-17-9-15(22(27)36)10-20(41-3)21(17)34(25)7-5-6-28-26(40)42-13-16-11-30-18(12-29-16)24(38)39/h8-12H,4-7,13H2,1-3H3,(H2,27,36)(H,28,40)(H,38,39)(H,31,32,37). The van der Waals surface area contributed by atoms with Crippen LogP contribution >= 0.6 is 0 Å². The molecule has 0 spiro atoms. The Morgan fingerprint density at radius 3 is 2.55 bits per heavy atom. The number of aryl methyl sites for hydroxylation is 3. The number of methoxy groups -OCH3 is 1. The number of aromatic nitrogens is 6. The van der Waals surface area contributed by atoms with Crippen molar-refractivity contribution in [1.82, 2.24) is 34.6 Å². The predicted octanol–water partition coefficient (Wildman–Crippen LogP) is 1.73. The van der Waals surface area contributed by atoms with E-state index in [1.165, 1.54) is 25.4 Å². The monoisotopic (exact) mass is 579 g/mol. The van der Waals surface area contributed by atoms with Gasteiger partial charge in [-0.05, 0) is 38.5 Å². The van der Waals surface area contributed by atoms with Crippen molar-refractivity contribution in [3.8, 4) is 5.75 Å². The second kappa shape index (κ2) is 12.8. The molecule has 4 rings (SSSR count). The Kier molecular flexibility index (Phi) is 8.94. The van der Waals surface area contributed by atoms with Gasteiger partial charge in [0.1, 0.15) is 23.6 Å². The number of amides is 3. The number of benzene rings is 1. The Hall–Kier alpha value is -5.54. The number of hydrogen-bond donors (Lipinski definition) is 4. The van der Waals surface area contributed by atoms with E-state index in [1.54, 1.807) is 22.2 Å². The molecule has 220 valence electrons. The highest BCUT2D eigenvalue weighted by atomic mass is 16.5. The minimum atomic E-state index is -1.21. The fraction of sp³-hybridized carbons (Fsp3) is 0.308. The van der Waals surface area contributed by atoms with Gasteiger partial charge in [0, 0.05) is 25.2 Å². The van der Waals surface area contributed by atoms with Gasteiger partial charge in [-0.3, -0.25) is 24.6 Å². The number of primary amides is 1. The molecule has 16 heteroatoms. The van der Waals surface area contributed by atoms with Gasteiger partial charge in [-0.2, -0.15) is 5.10 Å². The third-order valence-corrected chi connectivity index (χ3v) is 6.07. The van der Waals surface area contributed by atoms with Crippen LogP contribution in [-0.2, 0) is 24.4 Å². The molecule has 0 bridgehead atoms. The molecule has 3 aromatic heterocycles. The van der Waals surface area contributed by atoms with E-state index >= 15 is 0 Å². The normalized spacial score (nSPS) is 10.8. The number of anilines is 1. The van der Waals surface area contributed by atoms with Gasteiger partial charge in [0.05, 0.1) is 36.4 Å². The van der Waals surface area contributed by atoms with Crippen molar-refractivity contribution in [2.45, 2.75) is 40.0 Å². The smallest absolute Gasteiger partial charge is 0.407 e. The van der Waals surface area contributed by atoms with Crippen LogP contribution in [0.3, 0.4) is 0 Å². The molecule has 0 saturated carbocycles. The van der Waals surface area contributed by atoms with Crippen LogP contribution in [-0.4, -0.2) is 71.9 Å². The van der Waals surface area contributed by atoms with E-state index in [9.17, 15) is 19.2 Å². The first-order valence-corrected chi connectivity index (χ1v) is 12.8. The maximum atomic E-state index is 13.2. The van der Waals surface area contributed by atoms with Gasteiger partial charge in [0.2, 0.25) is 11.9 Å². The molecule has 0 atom stereocenters. The average molecular weight is 580 g/mol. The molecule has 0 aliphatic carbocycles. The lowest BCUT2D eigenvalue weighted by Crippen LogP contribution is -2.26. The minimum Gasteiger partial charge on any atom is -0.494 e. The summed E-state index contributed by atoms with van der Waals surface area (Å²) in [4.78, 5) is 60.3. The lowest BCUT2D eigenvalue weighted by molar-refractivity contribution is 0.0688. The number of hydrogen-bond acceptors (Lipinski definition) is 10. The largest absolute Gasteiger partial charge is 0.494 e.